The van der Waals surface area contributed by atoms with Gasteiger partial charge in [-0.25, -0.2) is 9.98 Å². The van der Waals surface area contributed by atoms with Crippen LogP contribution in [0.2, 0.25) is 0 Å². The highest BCUT2D eigenvalue weighted by Crippen LogP contribution is 2.17. The molecule has 1 aliphatic heterocycles. The number of hydrogen-bond donors (Lipinski definition) is 0. The van der Waals surface area contributed by atoms with Gasteiger partial charge in [0.05, 0.1) is 12.5 Å². The second kappa shape index (κ2) is 4.53. The SMILES string of the molecule is O=C1OCCC1C=Nc1cc(Br)ccn1. The van der Waals surface area contributed by atoms with Gasteiger partial charge in [-0.1, -0.05) is 15.9 Å². The third-order valence-electron chi connectivity index (χ3n) is 2.07. The van der Waals surface area contributed by atoms with Crippen molar-refractivity contribution in [3.8, 4) is 0 Å². The molecule has 0 amide bonds. The minimum absolute atomic E-state index is 0.200. The van der Waals surface area contributed by atoms with Crippen molar-refractivity contribution in [1.29, 1.82) is 0 Å². The van der Waals surface area contributed by atoms with Crippen LogP contribution in [0.4, 0.5) is 5.82 Å². The van der Waals surface area contributed by atoms with Crippen LogP contribution in [-0.4, -0.2) is 23.8 Å². The maximum atomic E-state index is 11.1. The number of carbonyl (C=O) groups excluding carboxylic acids is 1. The summed E-state index contributed by atoms with van der Waals surface area (Å²) < 4.78 is 5.73. The first-order valence-electron chi connectivity index (χ1n) is 4.58. The van der Waals surface area contributed by atoms with E-state index in [2.05, 4.69) is 25.9 Å². The molecule has 0 saturated carbocycles. The number of esters is 1. The minimum atomic E-state index is -0.217. The summed E-state index contributed by atoms with van der Waals surface area (Å²) in [5.41, 5.74) is 0. The molecule has 0 aromatic carbocycles. The van der Waals surface area contributed by atoms with Gasteiger partial charge in [-0.15, -0.1) is 0 Å². The largest absolute Gasteiger partial charge is 0.465 e. The van der Waals surface area contributed by atoms with Gasteiger partial charge in [0.15, 0.2) is 5.82 Å². The first kappa shape index (κ1) is 10.3. The van der Waals surface area contributed by atoms with E-state index < -0.39 is 0 Å². The molecule has 0 N–H and O–H groups in total. The number of rotatable bonds is 2. The highest BCUT2D eigenvalue weighted by atomic mass is 79.9. The van der Waals surface area contributed by atoms with E-state index in [4.69, 9.17) is 4.74 Å². The summed E-state index contributed by atoms with van der Waals surface area (Å²) in [4.78, 5) is 19.3. The average Bonchev–Trinajstić information content (AvgIpc) is 2.61. The number of halogens is 1. The van der Waals surface area contributed by atoms with Crippen LogP contribution in [0.3, 0.4) is 0 Å². The molecular formula is C10H9BrN2O2. The molecule has 0 aliphatic carbocycles. The van der Waals surface area contributed by atoms with Crippen molar-refractivity contribution in [2.45, 2.75) is 6.42 Å². The molecule has 1 fully saturated rings. The van der Waals surface area contributed by atoms with Gasteiger partial charge in [0.2, 0.25) is 0 Å². The van der Waals surface area contributed by atoms with Gasteiger partial charge in [-0.05, 0) is 18.6 Å². The summed E-state index contributed by atoms with van der Waals surface area (Å²) in [6.07, 6.45) is 3.96. The number of cyclic esters (lactones) is 1. The van der Waals surface area contributed by atoms with Gasteiger partial charge in [-0.3, -0.25) is 4.79 Å². The van der Waals surface area contributed by atoms with Crippen LogP contribution >= 0.6 is 15.9 Å². The van der Waals surface area contributed by atoms with Crippen LogP contribution in [0, 0.1) is 5.92 Å². The Bertz CT molecular complexity index is 406. The quantitative estimate of drug-likeness (QED) is 0.610. The maximum Gasteiger partial charge on any atom is 0.314 e. The number of aliphatic imine (C=N–C) groups is 1. The lowest BCUT2D eigenvalue weighted by molar-refractivity contribution is -0.139. The number of pyridine rings is 1. The predicted molar refractivity (Wildman–Crippen MR) is 59.2 cm³/mol. The molecule has 1 aliphatic rings. The molecule has 1 unspecified atom stereocenters. The molecule has 15 heavy (non-hydrogen) atoms. The minimum Gasteiger partial charge on any atom is -0.465 e. The fourth-order valence-corrected chi connectivity index (χ4v) is 1.60. The fourth-order valence-electron chi connectivity index (χ4n) is 1.28. The van der Waals surface area contributed by atoms with Crippen LogP contribution < -0.4 is 0 Å². The summed E-state index contributed by atoms with van der Waals surface area (Å²) in [5.74, 6) is 0.170. The van der Waals surface area contributed by atoms with Crippen LogP contribution in [0.25, 0.3) is 0 Å². The molecule has 1 atom stereocenters. The second-order valence-corrected chi connectivity index (χ2v) is 4.09. The van der Waals surface area contributed by atoms with E-state index in [1.165, 1.54) is 0 Å². The molecule has 2 rings (SSSR count). The first-order valence-corrected chi connectivity index (χ1v) is 5.37. The topological polar surface area (TPSA) is 51.5 Å². The van der Waals surface area contributed by atoms with Crippen molar-refractivity contribution in [2.24, 2.45) is 10.9 Å². The van der Waals surface area contributed by atoms with Crippen LogP contribution in [0.15, 0.2) is 27.8 Å². The standard InChI is InChI=1S/C10H9BrN2O2/c11-8-1-3-12-9(5-8)13-6-7-2-4-15-10(7)14/h1,3,5-7H,2,4H2. The fraction of sp³-hybridized carbons (Fsp3) is 0.300. The van der Waals surface area contributed by atoms with Gasteiger partial charge in [0, 0.05) is 16.9 Å². The summed E-state index contributed by atoms with van der Waals surface area (Å²) in [7, 11) is 0. The lowest BCUT2D eigenvalue weighted by Crippen LogP contribution is -2.08. The molecule has 0 radical (unpaired) electrons. The first-order chi connectivity index (χ1) is 7.25. The van der Waals surface area contributed by atoms with E-state index >= 15 is 0 Å². The molecule has 2 heterocycles. The summed E-state index contributed by atoms with van der Waals surface area (Å²) >= 11 is 3.32. The van der Waals surface area contributed by atoms with Crippen molar-refractivity contribution >= 4 is 33.9 Å². The smallest absolute Gasteiger partial charge is 0.314 e. The van der Waals surface area contributed by atoms with Crippen LogP contribution in [0.5, 0.6) is 0 Å². The Balaban J connectivity index is 2.08. The molecule has 0 bridgehead atoms. The zero-order chi connectivity index (χ0) is 10.7. The molecule has 1 aromatic rings. The van der Waals surface area contributed by atoms with Crippen molar-refractivity contribution in [3.05, 3.63) is 22.8 Å². The maximum absolute atomic E-state index is 11.1. The van der Waals surface area contributed by atoms with E-state index in [1.54, 1.807) is 18.5 Å². The van der Waals surface area contributed by atoms with Gasteiger partial charge in [-0.2, -0.15) is 0 Å². The number of nitrogens with zero attached hydrogens (tertiary/aromatic N) is 2. The van der Waals surface area contributed by atoms with Crippen molar-refractivity contribution in [1.82, 2.24) is 4.98 Å². The van der Waals surface area contributed by atoms with E-state index in [0.29, 0.717) is 18.8 Å². The van der Waals surface area contributed by atoms with Crippen LogP contribution in [-0.2, 0) is 9.53 Å². The third-order valence-corrected chi connectivity index (χ3v) is 2.56. The van der Waals surface area contributed by atoms with E-state index in [1.807, 2.05) is 6.07 Å². The van der Waals surface area contributed by atoms with E-state index in [9.17, 15) is 4.79 Å². The van der Waals surface area contributed by atoms with Crippen LogP contribution in [0.1, 0.15) is 6.42 Å². The molecular weight excluding hydrogens is 260 g/mol. The van der Waals surface area contributed by atoms with Gasteiger partial charge < -0.3 is 4.74 Å². The normalized spacial score (nSPS) is 20.9. The van der Waals surface area contributed by atoms with Gasteiger partial charge in [0.1, 0.15) is 0 Å². The Morgan fingerprint density at radius 2 is 2.53 bits per heavy atom. The monoisotopic (exact) mass is 268 g/mol. The molecule has 78 valence electrons. The zero-order valence-corrected chi connectivity index (χ0v) is 9.48. The van der Waals surface area contributed by atoms with Gasteiger partial charge >= 0.3 is 5.97 Å². The second-order valence-electron chi connectivity index (χ2n) is 3.17. The van der Waals surface area contributed by atoms with Gasteiger partial charge in [0.25, 0.3) is 0 Å². The van der Waals surface area contributed by atoms with Crippen molar-refractivity contribution in [2.75, 3.05) is 6.61 Å². The molecule has 1 aromatic heterocycles. The lowest BCUT2D eigenvalue weighted by Gasteiger charge is -1.96. The predicted octanol–water partition coefficient (Wildman–Crippen LogP) is 2.11. The van der Waals surface area contributed by atoms with Crippen molar-refractivity contribution < 1.29 is 9.53 Å². The Kier molecular flexibility index (Phi) is 3.11. The number of aromatic nitrogens is 1. The third kappa shape index (κ3) is 2.62. The lowest BCUT2D eigenvalue weighted by atomic mass is 10.1. The van der Waals surface area contributed by atoms with Crippen molar-refractivity contribution in [3.63, 3.8) is 0 Å². The summed E-state index contributed by atoms with van der Waals surface area (Å²) in [6.45, 7) is 0.488. The Labute approximate surface area is 95.5 Å². The zero-order valence-electron chi connectivity index (χ0n) is 7.89. The number of ether oxygens (including phenoxy) is 1. The molecule has 5 heteroatoms. The summed E-state index contributed by atoms with van der Waals surface area (Å²) in [6, 6.07) is 3.61. The Morgan fingerprint density at radius 1 is 1.67 bits per heavy atom. The molecule has 0 spiro atoms. The Hall–Kier alpha value is -1.23. The van der Waals surface area contributed by atoms with E-state index in [0.717, 1.165) is 4.47 Å². The highest BCUT2D eigenvalue weighted by molar-refractivity contribution is 9.10. The highest BCUT2D eigenvalue weighted by Gasteiger charge is 2.24. The Morgan fingerprint density at radius 3 is 3.20 bits per heavy atom. The average molecular weight is 269 g/mol. The van der Waals surface area contributed by atoms with E-state index in [-0.39, 0.29) is 11.9 Å². The number of carbonyl (C=O) groups is 1. The number of hydrogen-bond acceptors (Lipinski definition) is 4. The molecule has 4 nitrogen and oxygen atoms in total. The molecule has 1 saturated heterocycles. The summed E-state index contributed by atoms with van der Waals surface area (Å²) in [5, 5.41) is 0.